The maximum absolute atomic E-state index is 13.0. The molecule has 1 unspecified atom stereocenters. The number of hydrogen-bond donors (Lipinski definition) is 1. The largest absolute Gasteiger partial charge is 0.467 e. The number of rotatable bonds is 7. The average Bonchev–Trinajstić information content (AvgIpc) is 2.80. The van der Waals surface area contributed by atoms with Crippen molar-refractivity contribution in [3.8, 4) is 0 Å². The van der Waals surface area contributed by atoms with Crippen LogP contribution in [0.5, 0.6) is 0 Å². The molecule has 0 saturated carbocycles. The normalized spacial score (nSPS) is 16.3. The smallest absolute Gasteiger partial charge is 0.328 e. The topological polar surface area (TPSA) is 92.8 Å². The Morgan fingerprint density at radius 1 is 1.06 bits per heavy atom. The Morgan fingerprint density at radius 2 is 1.72 bits per heavy atom. The second kappa shape index (κ2) is 10.3. The van der Waals surface area contributed by atoms with Crippen LogP contribution in [0.1, 0.15) is 29.5 Å². The summed E-state index contributed by atoms with van der Waals surface area (Å²) in [6, 6.07) is 13.7. The first-order valence-electron chi connectivity index (χ1n) is 10.7. The molecule has 2 aromatic carbocycles. The second-order valence-corrected chi connectivity index (χ2v) is 10.1. The number of ether oxygens (including phenoxy) is 1. The molecule has 2 aromatic rings. The Bertz CT molecular complexity index is 1060. The first-order valence-corrected chi connectivity index (χ1v) is 12.2. The van der Waals surface area contributed by atoms with Gasteiger partial charge in [0.25, 0.3) is 0 Å². The zero-order valence-corrected chi connectivity index (χ0v) is 19.5. The van der Waals surface area contributed by atoms with Gasteiger partial charge >= 0.3 is 5.97 Å². The van der Waals surface area contributed by atoms with Crippen LogP contribution >= 0.6 is 0 Å². The van der Waals surface area contributed by atoms with Gasteiger partial charge < -0.3 is 10.1 Å². The number of esters is 1. The number of carbonyl (C=O) groups excluding carboxylic acids is 2. The van der Waals surface area contributed by atoms with Gasteiger partial charge in [0, 0.05) is 25.4 Å². The molecule has 0 radical (unpaired) electrons. The summed E-state index contributed by atoms with van der Waals surface area (Å²) in [5.74, 6) is -1.11. The van der Waals surface area contributed by atoms with E-state index in [0.717, 1.165) is 16.7 Å². The summed E-state index contributed by atoms with van der Waals surface area (Å²) in [4.78, 5) is 25.3. The van der Waals surface area contributed by atoms with Gasteiger partial charge in [0.15, 0.2) is 0 Å². The zero-order valence-electron chi connectivity index (χ0n) is 18.7. The number of nitrogens with zero attached hydrogens (tertiary/aromatic N) is 1. The summed E-state index contributed by atoms with van der Waals surface area (Å²) >= 11 is 0. The zero-order chi connectivity index (χ0) is 23.3. The number of methoxy groups -OCH3 is 1. The van der Waals surface area contributed by atoms with Crippen LogP contribution in [-0.4, -0.2) is 50.8 Å². The minimum Gasteiger partial charge on any atom is -0.467 e. The Hall–Kier alpha value is -2.71. The average molecular weight is 459 g/mol. The molecule has 1 N–H and O–H groups in total. The number of sulfonamides is 1. The number of hydrogen-bond acceptors (Lipinski definition) is 5. The van der Waals surface area contributed by atoms with Gasteiger partial charge in [-0.2, -0.15) is 4.31 Å². The van der Waals surface area contributed by atoms with E-state index in [1.807, 2.05) is 50.2 Å². The van der Waals surface area contributed by atoms with Gasteiger partial charge in [-0.25, -0.2) is 13.2 Å². The number of carbonyl (C=O) groups is 2. The Balaban J connectivity index is 1.62. The van der Waals surface area contributed by atoms with E-state index >= 15 is 0 Å². The molecular weight excluding hydrogens is 428 g/mol. The molecular formula is C24H30N2O5S. The molecule has 0 bridgehead atoms. The number of benzene rings is 2. The fourth-order valence-corrected chi connectivity index (χ4v) is 5.41. The van der Waals surface area contributed by atoms with Gasteiger partial charge in [0.05, 0.1) is 12.0 Å². The van der Waals surface area contributed by atoms with E-state index in [0.29, 0.717) is 19.3 Å². The van der Waals surface area contributed by atoms with E-state index in [1.54, 1.807) is 12.1 Å². The molecule has 172 valence electrons. The number of nitrogens with one attached hydrogen (secondary N) is 1. The van der Waals surface area contributed by atoms with Crippen molar-refractivity contribution in [3.63, 3.8) is 0 Å². The van der Waals surface area contributed by atoms with Crippen LogP contribution in [0.25, 0.3) is 0 Å². The highest BCUT2D eigenvalue weighted by molar-refractivity contribution is 7.89. The molecule has 1 heterocycles. The van der Waals surface area contributed by atoms with Crippen molar-refractivity contribution in [2.45, 2.75) is 44.0 Å². The van der Waals surface area contributed by atoms with Crippen LogP contribution in [0, 0.1) is 19.8 Å². The number of aryl methyl sites for hydroxylation is 2. The number of amides is 1. The Morgan fingerprint density at radius 3 is 2.31 bits per heavy atom. The SMILES string of the molecule is COC(=O)C(Cc1ccccc1)NC(=O)C1CCN(S(=O)(=O)c2ccc(C)c(C)c2)CC1. The summed E-state index contributed by atoms with van der Waals surface area (Å²) in [6.45, 7) is 4.34. The minimum absolute atomic E-state index is 0.250. The molecule has 1 aliphatic rings. The fraction of sp³-hybridized carbons (Fsp3) is 0.417. The lowest BCUT2D eigenvalue weighted by Gasteiger charge is -2.31. The molecule has 1 saturated heterocycles. The van der Waals surface area contributed by atoms with E-state index in [2.05, 4.69) is 5.32 Å². The molecule has 0 aliphatic carbocycles. The summed E-state index contributed by atoms with van der Waals surface area (Å²) < 4.78 is 32.3. The van der Waals surface area contributed by atoms with E-state index in [9.17, 15) is 18.0 Å². The first-order chi connectivity index (χ1) is 15.2. The summed E-state index contributed by atoms with van der Waals surface area (Å²) in [5, 5.41) is 2.80. The van der Waals surface area contributed by atoms with E-state index in [1.165, 1.54) is 11.4 Å². The highest BCUT2D eigenvalue weighted by Gasteiger charge is 2.33. The summed E-state index contributed by atoms with van der Waals surface area (Å²) in [6.07, 6.45) is 1.13. The van der Waals surface area contributed by atoms with Gasteiger partial charge in [-0.05, 0) is 55.5 Å². The fourth-order valence-electron chi connectivity index (χ4n) is 3.86. The van der Waals surface area contributed by atoms with Crippen LogP contribution in [0.4, 0.5) is 0 Å². The molecule has 8 heteroatoms. The molecule has 1 aliphatic heterocycles. The maximum atomic E-state index is 13.0. The van der Waals surface area contributed by atoms with E-state index < -0.39 is 22.0 Å². The van der Waals surface area contributed by atoms with Crippen molar-refractivity contribution in [2.75, 3.05) is 20.2 Å². The van der Waals surface area contributed by atoms with Crippen LogP contribution in [0.2, 0.25) is 0 Å². The first kappa shape index (κ1) is 23.9. The monoisotopic (exact) mass is 458 g/mol. The van der Waals surface area contributed by atoms with E-state index in [4.69, 9.17) is 4.74 Å². The van der Waals surface area contributed by atoms with Crippen molar-refractivity contribution >= 4 is 21.9 Å². The second-order valence-electron chi connectivity index (χ2n) is 8.20. The highest BCUT2D eigenvalue weighted by Crippen LogP contribution is 2.25. The van der Waals surface area contributed by atoms with Crippen LogP contribution in [-0.2, 0) is 30.8 Å². The standard InChI is InChI=1S/C24H30N2O5S/c1-17-9-10-21(15-18(17)2)32(29,30)26-13-11-20(12-14-26)23(27)25-22(24(28)31-3)16-19-7-5-4-6-8-19/h4-10,15,20,22H,11-14,16H2,1-3H3,(H,25,27). The van der Waals surface area contributed by atoms with Gasteiger partial charge in [0.1, 0.15) is 6.04 Å². The van der Waals surface area contributed by atoms with Crippen LogP contribution in [0.15, 0.2) is 53.4 Å². The predicted octanol–water partition coefficient (Wildman–Crippen LogP) is 2.60. The third kappa shape index (κ3) is 5.55. The summed E-state index contributed by atoms with van der Waals surface area (Å²) in [5.41, 5.74) is 2.88. The summed E-state index contributed by atoms with van der Waals surface area (Å²) in [7, 11) is -2.31. The van der Waals surface area contributed by atoms with Crippen LogP contribution < -0.4 is 5.32 Å². The lowest BCUT2D eigenvalue weighted by molar-refractivity contribution is -0.145. The van der Waals surface area contributed by atoms with Gasteiger partial charge in [-0.1, -0.05) is 36.4 Å². The molecule has 0 aromatic heterocycles. The molecule has 32 heavy (non-hydrogen) atoms. The van der Waals surface area contributed by atoms with Gasteiger partial charge in [-0.15, -0.1) is 0 Å². The molecule has 1 amide bonds. The molecule has 7 nitrogen and oxygen atoms in total. The van der Waals surface area contributed by atoms with Gasteiger partial charge in [0.2, 0.25) is 15.9 Å². The maximum Gasteiger partial charge on any atom is 0.328 e. The predicted molar refractivity (Wildman–Crippen MR) is 121 cm³/mol. The van der Waals surface area contributed by atoms with Gasteiger partial charge in [-0.3, -0.25) is 4.79 Å². The van der Waals surface area contributed by atoms with Crippen molar-refractivity contribution < 1.29 is 22.7 Å². The van der Waals surface area contributed by atoms with E-state index in [-0.39, 0.29) is 29.8 Å². The molecule has 3 rings (SSSR count). The third-order valence-electron chi connectivity index (χ3n) is 6.03. The lowest BCUT2D eigenvalue weighted by atomic mass is 9.96. The van der Waals surface area contributed by atoms with Crippen LogP contribution in [0.3, 0.4) is 0 Å². The van der Waals surface area contributed by atoms with Crippen molar-refractivity contribution in [2.24, 2.45) is 5.92 Å². The van der Waals surface area contributed by atoms with Crippen molar-refractivity contribution in [1.29, 1.82) is 0 Å². The lowest BCUT2D eigenvalue weighted by Crippen LogP contribution is -2.48. The molecule has 0 spiro atoms. The third-order valence-corrected chi connectivity index (χ3v) is 7.92. The molecule has 1 fully saturated rings. The number of piperidine rings is 1. The Kier molecular flexibility index (Phi) is 7.69. The van der Waals surface area contributed by atoms with Crippen molar-refractivity contribution in [1.82, 2.24) is 9.62 Å². The quantitative estimate of drug-likeness (QED) is 0.644. The Labute approximate surface area is 189 Å². The minimum atomic E-state index is -3.60. The molecule has 1 atom stereocenters. The van der Waals surface area contributed by atoms with Crippen molar-refractivity contribution in [3.05, 3.63) is 65.2 Å². The highest BCUT2D eigenvalue weighted by atomic mass is 32.2.